The summed E-state index contributed by atoms with van der Waals surface area (Å²) in [5.74, 6) is -0.333. The standard InChI is InChI=1S/C9H10FNO2/c10-6-3-1-2-5-8(12)7(11)4-13-9(5)6/h1-3,7-8,12H,4,11H2/t7-,8-/m1/s1. The molecular weight excluding hydrogens is 173 g/mol. The van der Waals surface area contributed by atoms with E-state index in [-0.39, 0.29) is 12.4 Å². The summed E-state index contributed by atoms with van der Waals surface area (Å²) in [5.41, 5.74) is 5.98. The van der Waals surface area contributed by atoms with Gasteiger partial charge in [0.1, 0.15) is 12.7 Å². The molecule has 0 radical (unpaired) electrons. The van der Waals surface area contributed by atoms with Crippen LogP contribution in [0.15, 0.2) is 18.2 Å². The fourth-order valence-corrected chi connectivity index (χ4v) is 1.41. The lowest BCUT2D eigenvalue weighted by molar-refractivity contribution is 0.0886. The zero-order chi connectivity index (χ0) is 9.42. The van der Waals surface area contributed by atoms with Gasteiger partial charge in [-0.15, -0.1) is 0 Å². The molecule has 4 heteroatoms. The summed E-state index contributed by atoms with van der Waals surface area (Å²) in [7, 11) is 0. The molecule has 1 aliphatic heterocycles. The van der Waals surface area contributed by atoms with Crippen molar-refractivity contribution in [1.29, 1.82) is 0 Å². The molecule has 1 aromatic rings. The summed E-state index contributed by atoms with van der Waals surface area (Å²) in [5, 5.41) is 9.58. The molecule has 13 heavy (non-hydrogen) atoms. The molecule has 3 N–H and O–H groups in total. The average molecular weight is 183 g/mol. The van der Waals surface area contributed by atoms with Crippen LogP contribution in [0, 0.1) is 5.82 Å². The number of para-hydroxylation sites is 1. The Labute approximate surface area is 74.9 Å². The first kappa shape index (κ1) is 8.47. The van der Waals surface area contributed by atoms with Gasteiger partial charge in [0, 0.05) is 5.56 Å². The van der Waals surface area contributed by atoms with E-state index in [0.29, 0.717) is 5.56 Å². The molecule has 0 amide bonds. The van der Waals surface area contributed by atoms with Crippen LogP contribution < -0.4 is 10.5 Å². The van der Waals surface area contributed by atoms with Crippen molar-refractivity contribution in [3.63, 3.8) is 0 Å². The van der Waals surface area contributed by atoms with Gasteiger partial charge in [-0.05, 0) is 6.07 Å². The minimum atomic E-state index is -0.834. The third kappa shape index (κ3) is 1.28. The predicted molar refractivity (Wildman–Crippen MR) is 44.8 cm³/mol. The summed E-state index contributed by atoms with van der Waals surface area (Å²) in [4.78, 5) is 0. The molecule has 1 aromatic carbocycles. The van der Waals surface area contributed by atoms with Crippen molar-refractivity contribution in [1.82, 2.24) is 0 Å². The van der Waals surface area contributed by atoms with Gasteiger partial charge in [-0.2, -0.15) is 0 Å². The van der Waals surface area contributed by atoms with Crippen molar-refractivity contribution in [3.05, 3.63) is 29.6 Å². The number of rotatable bonds is 0. The number of benzene rings is 1. The molecule has 0 saturated carbocycles. The highest BCUT2D eigenvalue weighted by atomic mass is 19.1. The van der Waals surface area contributed by atoms with Gasteiger partial charge >= 0.3 is 0 Å². The van der Waals surface area contributed by atoms with Gasteiger partial charge in [-0.1, -0.05) is 12.1 Å². The van der Waals surface area contributed by atoms with Crippen LogP contribution in [0.4, 0.5) is 4.39 Å². The number of fused-ring (bicyclic) bond motifs is 1. The highest BCUT2D eigenvalue weighted by molar-refractivity contribution is 5.38. The van der Waals surface area contributed by atoms with E-state index in [0.717, 1.165) is 0 Å². The topological polar surface area (TPSA) is 55.5 Å². The maximum atomic E-state index is 13.1. The summed E-state index contributed by atoms with van der Waals surface area (Å²) < 4.78 is 18.2. The van der Waals surface area contributed by atoms with Crippen LogP contribution in [0.5, 0.6) is 5.75 Å². The minimum Gasteiger partial charge on any atom is -0.488 e. The number of halogens is 1. The molecule has 2 atom stereocenters. The van der Waals surface area contributed by atoms with Crippen LogP contribution in [0.3, 0.4) is 0 Å². The second kappa shape index (κ2) is 2.97. The molecule has 0 saturated heterocycles. The second-order valence-electron chi connectivity index (χ2n) is 3.08. The van der Waals surface area contributed by atoms with Crippen LogP contribution in [0.1, 0.15) is 11.7 Å². The Kier molecular flexibility index (Phi) is 1.94. The van der Waals surface area contributed by atoms with Gasteiger partial charge in [0.25, 0.3) is 0 Å². The zero-order valence-corrected chi connectivity index (χ0v) is 6.90. The van der Waals surface area contributed by atoms with Crippen LogP contribution in [0.25, 0.3) is 0 Å². The quantitative estimate of drug-likeness (QED) is 0.618. The summed E-state index contributed by atoms with van der Waals surface area (Å²) in [6.07, 6.45) is -0.834. The lowest BCUT2D eigenvalue weighted by Crippen LogP contribution is -2.38. The zero-order valence-electron chi connectivity index (χ0n) is 6.90. The van der Waals surface area contributed by atoms with E-state index in [2.05, 4.69) is 0 Å². The fourth-order valence-electron chi connectivity index (χ4n) is 1.41. The van der Waals surface area contributed by atoms with E-state index in [1.807, 2.05) is 0 Å². The minimum absolute atomic E-state index is 0.122. The average Bonchev–Trinajstić information content (AvgIpc) is 2.12. The Hall–Kier alpha value is -1.13. The van der Waals surface area contributed by atoms with Crippen molar-refractivity contribution in [2.24, 2.45) is 5.73 Å². The van der Waals surface area contributed by atoms with Crippen molar-refractivity contribution in [2.45, 2.75) is 12.1 Å². The largest absolute Gasteiger partial charge is 0.488 e. The molecule has 1 aliphatic rings. The molecule has 0 aliphatic carbocycles. The van der Waals surface area contributed by atoms with E-state index < -0.39 is 18.0 Å². The first-order valence-electron chi connectivity index (χ1n) is 4.05. The maximum Gasteiger partial charge on any atom is 0.165 e. The molecule has 2 rings (SSSR count). The maximum absolute atomic E-state index is 13.1. The fraction of sp³-hybridized carbons (Fsp3) is 0.333. The van der Waals surface area contributed by atoms with Gasteiger partial charge in [-0.25, -0.2) is 4.39 Å². The number of nitrogens with two attached hydrogens (primary N) is 1. The summed E-state index contributed by atoms with van der Waals surface area (Å²) >= 11 is 0. The highest BCUT2D eigenvalue weighted by Crippen LogP contribution is 2.33. The predicted octanol–water partition coefficient (Wildman–Crippen LogP) is 0.579. The number of hydrogen-bond acceptors (Lipinski definition) is 3. The Morgan fingerprint density at radius 2 is 2.31 bits per heavy atom. The summed E-state index contributed by atoms with van der Waals surface area (Å²) in [6, 6.07) is 3.96. The number of aliphatic hydroxyl groups excluding tert-OH is 1. The lowest BCUT2D eigenvalue weighted by Gasteiger charge is -2.27. The molecule has 3 nitrogen and oxygen atoms in total. The van der Waals surface area contributed by atoms with Gasteiger partial charge in [0.15, 0.2) is 11.6 Å². The molecule has 1 heterocycles. The number of hydrogen-bond donors (Lipinski definition) is 2. The van der Waals surface area contributed by atoms with E-state index in [9.17, 15) is 9.50 Å². The Morgan fingerprint density at radius 3 is 3.08 bits per heavy atom. The molecule has 0 fully saturated rings. The van der Waals surface area contributed by atoms with Gasteiger partial charge in [-0.3, -0.25) is 0 Å². The van der Waals surface area contributed by atoms with E-state index in [1.165, 1.54) is 12.1 Å². The molecule has 0 spiro atoms. The van der Waals surface area contributed by atoms with Gasteiger partial charge < -0.3 is 15.6 Å². The first-order chi connectivity index (χ1) is 6.20. The second-order valence-corrected chi connectivity index (χ2v) is 3.08. The number of ether oxygens (including phenoxy) is 1. The van der Waals surface area contributed by atoms with Crippen molar-refractivity contribution >= 4 is 0 Å². The Balaban J connectivity index is 2.49. The Morgan fingerprint density at radius 1 is 1.54 bits per heavy atom. The smallest absolute Gasteiger partial charge is 0.165 e. The molecule has 70 valence electrons. The molecular formula is C9H10FNO2. The van der Waals surface area contributed by atoms with E-state index in [4.69, 9.17) is 10.5 Å². The summed E-state index contributed by atoms with van der Waals surface area (Å²) in [6.45, 7) is 0.148. The number of aliphatic hydroxyl groups is 1. The van der Waals surface area contributed by atoms with Crippen LogP contribution in [-0.4, -0.2) is 17.8 Å². The normalized spacial score (nSPS) is 26.4. The van der Waals surface area contributed by atoms with Crippen LogP contribution in [-0.2, 0) is 0 Å². The van der Waals surface area contributed by atoms with E-state index >= 15 is 0 Å². The molecule has 0 bridgehead atoms. The SMILES string of the molecule is N[C@@H]1COc2c(F)cccc2[C@H]1O. The lowest BCUT2D eigenvalue weighted by atomic mass is 10.00. The van der Waals surface area contributed by atoms with E-state index in [1.54, 1.807) is 6.07 Å². The molecule has 0 unspecified atom stereocenters. The third-order valence-electron chi connectivity index (χ3n) is 2.14. The van der Waals surface area contributed by atoms with Crippen molar-refractivity contribution in [3.8, 4) is 5.75 Å². The highest BCUT2D eigenvalue weighted by Gasteiger charge is 2.28. The van der Waals surface area contributed by atoms with Crippen LogP contribution >= 0.6 is 0 Å². The van der Waals surface area contributed by atoms with Gasteiger partial charge in [0.2, 0.25) is 0 Å². The van der Waals surface area contributed by atoms with Crippen molar-refractivity contribution < 1.29 is 14.2 Å². The third-order valence-corrected chi connectivity index (χ3v) is 2.14. The van der Waals surface area contributed by atoms with Crippen molar-refractivity contribution in [2.75, 3.05) is 6.61 Å². The molecule has 0 aromatic heterocycles. The first-order valence-corrected chi connectivity index (χ1v) is 4.05. The van der Waals surface area contributed by atoms with Crippen LogP contribution in [0.2, 0.25) is 0 Å². The Bertz CT molecular complexity index is 329. The van der Waals surface area contributed by atoms with Gasteiger partial charge in [0.05, 0.1) is 6.04 Å². The monoisotopic (exact) mass is 183 g/mol.